The number of carbonyl (C=O) groups excluding carboxylic acids is 2. The monoisotopic (exact) mass is 249 g/mol. The van der Waals surface area contributed by atoms with Crippen molar-refractivity contribution in [3.8, 4) is 0 Å². The summed E-state index contributed by atoms with van der Waals surface area (Å²) in [7, 11) is 0. The van der Waals surface area contributed by atoms with Gasteiger partial charge in [0.25, 0.3) is 5.91 Å². The molecule has 18 heavy (non-hydrogen) atoms. The van der Waals surface area contributed by atoms with Crippen LogP contribution in [0.15, 0.2) is 24.3 Å². The van der Waals surface area contributed by atoms with Gasteiger partial charge in [-0.2, -0.15) is 0 Å². The van der Waals surface area contributed by atoms with Crippen LogP contribution in [0.5, 0.6) is 0 Å². The van der Waals surface area contributed by atoms with Gasteiger partial charge in [0.1, 0.15) is 6.04 Å². The standard InChI is InChI=1S/C13H19N3O2/c1-8(2)11(12(15)17)16-13(18)10-5-3-9(7-14)4-6-10/h3-6,8,11H,7,14H2,1-2H3,(H2,15,17)(H,16,18). The van der Waals surface area contributed by atoms with E-state index in [2.05, 4.69) is 5.32 Å². The van der Waals surface area contributed by atoms with E-state index < -0.39 is 11.9 Å². The Kier molecular flexibility index (Phi) is 4.85. The summed E-state index contributed by atoms with van der Waals surface area (Å²) in [5.41, 5.74) is 12.1. The molecule has 0 fully saturated rings. The smallest absolute Gasteiger partial charge is 0.251 e. The number of amides is 2. The topological polar surface area (TPSA) is 98.2 Å². The Bertz CT molecular complexity index is 426. The van der Waals surface area contributed by atoms with Crippen molar-refractivity contribution >= 4 is 11.8 Å². The number of nitrogens with two attached hydrogens (primary N) is 2. The van der Waals surface area contributed by atoms with Crippen LogP contribution < -0.4 is 16.8 Å². The van der Waals surface area contributed by atoms with Crippen molar-refractivity contribution in [2.75, 3.05) is 0 Å². The van der Waals surface area contributed by atoms with Crippen LogP contribution in [0.25, 0.3) is 0 Å². The van der Waals surface area contributed by atoms with Crippen molar-refractivity contribution in [3.63, 3.8) is 0 Å². The summed E-state index contributed by atoms with van der Waals surface area (Å²) in [4.78, 5) is 23.1. The van der Waals surface area contributed by atoms with Gasteiger partial charge in [-0.05, 0) is 23.6 Å². The fraction of sp³-hybridized carbons (Fsp3) is 0.385. The van der Waals surface area contributed by atoms with E-state index in [4.69, 9.17) is 11.5 Å². The maximum absolute atomic E-state index is 11.9. The van der Waals surface area contributed by atoms with E-state index in [0.29, 0.717) is 12.1 Å². The van der Waals surface area contributed by atoms with Gasteiger partial charge in [-0.3, -0.25) is 9.59 Å². The fourth-order valence-electron chi connectivity index (χ4n) is 1.58. The zero-order valence-corrected chi connectivity index (χ0v) is 10.6. The molecule has 98 valence electrons. The van der Waals surface area contributed by atoms with E-state index in [-0.39, 0.29) is 11.8 Å². The van der Waals surface area contributed by atoms with E-state index in [9.17, 15) is 9.59 Å². The van der Waals surface area contributed by atoms with Crippen molar-refractivity contribution in [1.29, 1.82) is 0 Å². The first kappa shape index (κ1) is 14.2. The first-order valence-corrected chi connectivity index (χ1v) is 5.85. The molecule has 0 radical (unpaired) electrons. The summed E-state index contributed by atoms with van der Waals surface area (Å²) in [6.45, 7) is 4.08. The first-order valence-electron chi connectivity index (χ1n) is 5.85. The molecule has 0 aliphatic heterocycles. The second-order valence-electron chi connectivity index (χ2n) is 4.50. The summed E-state index contributed by atoms with van der Waals surface area (Å²) in [6, 6.07) is 6.26. The lowest BCUT2D eigenvalue weighted by Gasteiger charge is -2.18. The highest BCUT2D eigenvalue weighted by molar-refractivity contribution is 5.97. The SMILES string of the molecule is CC(C)C(NC(=O)c1ccc(CN)cc1)C(N)=O. The average Bonchev–Trinajstić information content (AvgIpc) is 2.35. The molecule has 1 rings (SSSR count). The minimum absolute atomic E-state index is 0.0465. The fourth-order valence-corrected chi connectivity index (χ4v) is 1.58. The maximum Gasteiger partial charge on any atom is 0.251 e. The molecular formula is C13H19N3O2. The van der Waals surface area contributed by atoms with E-state index in [1.165, 1.54) is 0 Å². The van der Waals surface area contributed by atoms with Gasteiger partial charge in [0.2, 0.25) is 5.91 Å². The molecule has 5 nitrogen and oxygen atoms in total. The molecule has 0 spiro atoms. The third-order valence-corrected chi connectivity index (χ3v) is 2.71. The molecule has 0 saturated heterocycles. The quantitative estimate of drug-likeness (QED) is 0.703. The second kappa shape index (κ2) is 6.16. The van der Waals surface area contributed by atoms with E-state index in [1.807, 2.05) is 13.8 Å². The molecule has 5 N–H and O–H groups in total. The molecule has 1 aromatic carbocycles. The van der Waals surface area contributed by atoms with E-state index >= 15 is 0 Å². The first-order chi connectivity index (χ1) is 8.45. The number of nitrogens with one attached hydrogen (secondary N) is 1. The van der Waals surface area contributed by atoms with Gasteiger partial charge >= 0.3 is 0 Å². The summed E-state index contributed by atoms with van der Waals surface area (Å²) in [5.74, 6) is -0.886. The second-order valence-corrected chi connectivity index (χ2v) is 4.50. The Hall–Kier alpha value is -1.88. The Balaban J connectivity index is 2.77. The predicted molar refractivity (Wildman–Crippen MR) is 69.6 cm³/mol. The third-order valence-electron chi connectivity index (χ3n) is 2.71. The van der Waals surface area contributed by atoms with Crippen LogP contribution in [-0.2, 0) is 11.3 Å². The molecule has 0 bridgehead atoms. The number of carbonyl (C=O) groups is 2. The summed E-state index contributed by atoms with van der Waals surface area (Å²) in [5, 5.41) is 2.62. The normalized spacial score (nSPS) is 12.2. The van der Waals surface area contributed by atoms with Gasteiger partial charge in [-0.15, -0.1) is 0 Å². The van der Waals surface area contributed by atoms with Crippen LogP contribution >= 0.6 is 0 Å². The van der Waals surface area contributed by atoms with Crippen molar-refractivity contribution in [2.45, 2.75) is 26.4 Å². The highest BCUT2D eigenvalue weighted by Crippen LogP contribution is 2.06. The van der Waals surface area contributed by atoms with Crippen LogP contribution in [0.4, 0.5) is 0 Å². The molecule has 1 atom stereocenters. The van der Waals surface area contributed by atoms with E-state index in [1.54, 1.807) is 24.3 Å². The van der Waals surface area contributed by atoms with Gasteiger partial charge in [-0.25, -0.2) is 0 Å². The van der Waals surface area contributed by atoms with Crippen molar-refractivity contribution in [2.24, 2.45) is 17.4 Å². The lowest BCUT2D eigenvalue weighted by atomic mass is 10.0. The van der Waals surface area contributed by atoms with Crippen LogP contribution in [0.2, 0.25) is 0 Å². The molecule has 1 aromatic rings. The predicted octanol–water partition coefficient (Wildman–Crippen LogP) is 0.385. The third kappa shape index (κ3) is 3.56. The molecule has 2 amide bonds. The van der Waals surface area contributed by atoms with Crippen molar-refractivity contribution in [3.05, 3.63) is 35.4 Å². The minimum Gasteiger partial charge on any atom is -0.368 e. The molecule has 0 aliphatic carbocycles. The van der Waals surface area contributed by atoms with Gasteiger partial charge < -0.3 is 16.8 Å². The van der Waals surface area contributed by atoms with Crippen molar-refractivity contribution in [1.82, 2.24) is 5.32 Å². The molecule has 1 unspecified atom stereocenters. The Morgan fingerprint density at radius 3 is 2.17 bits per heavy atom. The largest absolute Gasteiger partial charge is 0.368 e. The van der Waals surface area contributed by atoms with Crippen LogP contribution in [0, 0.1) is 5.92 Å². The Morgan fingerprint density at radius 2 is 1.78 bits per heavy atom. The minimum atomic E-state index is -0.660. The van der Waals surface area contributed by atoms with Crippen LogP contribution in [0.3, 0.4) is 0 Å². The summed E-state index contributed by atoms with van der Waals surface area (Å²) in [6.07, 6.45) is 0. The molecule has 0 saturated carbocycles. The van der Waals surface area contributed by atoms with Gasteiger partial charge in [0.05, 0.1) is 0 Å². The molecule has 0 heterocycles. The maximum atomic E-state index is 11.9. The Labute approximate surface area is 107 Å². The lowest BCUT2D eigenvalue weighted by Crippen LogP contribution is -2.47. The van der Waals surface area contributed by atoms with Gasteiger partial charge in [-0.1, -0.05) is 26.0 Å². The number of benzene rings is 1. The average molecular weight is 249 g/mol. The summed E-state index contributed by atoms with van der Waals surface area (Å²) < 4.78 is 0. The number of hydrogen-bond acceptors (Lipinski definition) is 3. The van der Waals surface area contributed by atoms with E-state index in [0.717, 1.165) is 5.56 Å². The van der Waals surface area contributed by atoms with Gasteiger partial charge in [0, 0.05) is 12.1 Å². The molecule has 0 aliphatic rings. The zero-order valence-electron chi connectivity index (χ0n) is 10.6. The number of hydrogen-bond donors (Lipinski definition) is 3. The number of rotatable bonds is 5. The van der Waals surface area contributed by atoms with Crippen LogP contribution in [0.1, 0.15) is 29.8 Å². The highest BCUT2D eigenvalue weighted by Gasteiger charge is 2.21. The van der Waals surface area contributed by atoms with Crippen molar-refractivity contribution < 1.29 is 9.59 Å². The highest BCUT2D eigenvalue weighted by atomic mass is 16.2. The van der Waals surface area contributed by atoms with Crippen LogP contribution in [-0.4, -0.2) is 17.9 Å². The molecular weight excluding hydrogens is 230 g/mol. The lowest BCUT2D eigenvalue weighted by molar-refractivity contribution is -0.120. The summed E-state index contributed by atoms with van der Waals surface area (Å²) >= 11 is 0. The molecule has 0 aromatic heterocycles. The zero-order chi connectivity index (χ0) is 13.7. The molecule has 5 heteroatoms. The van der Waals surface area contributed by atoms with Gasteiger partial charge in [0.15, 0.2) is 0 Å². The Morgan fingerprint density at radius 1 is 1.22 bits per heavy atom. The number of primary amides is 1.